The van der Waals surface area contributed by atoms with Crippen molar-refractivity contribution < 1.29 is 4.52 Å². The molecule has 3 aromatic rings. The number of anilines is 1. The van der Waals surface area contributed by atoms with Gasteiger partial charge in [-0.05, 0) is 35.0 Å². The van der Waals surface area contributed by atoms with E-state index in [0.717, 1.165) is 19.8 Å². The maximum Gasteiger partial charge on any atom is 0.261 e. The highest BCUT2D eigenvalue weighted by molar-refractivity contribution is 9.10. The zero-order valence-corrected chi connectivity index (χ0v) is 12.5. The molecule has 18 heavy (non-hydrogen) atoms. The van der Waals surface area contributed by atoms with Crippen molar-refractivity contribution >= 4 is 43.6 Å². The summed E-state index contributed by atoms with van der Waals surface area (Å²) in [4.78, 5) is 6.46. The molecule has 0 amide bonds. The van der Waals surface area contributed by atoms with Gasteiger partial charge < -0.3 is 10.3 Å². The van der Waals surface area contributed by atoms with Crippen molar-refractivity contribution in [2.45, 2.75) is 6.92 Å². The second kappa shape index (κ2) is 4.49. The number of hydrogen-bond donors (Lipinski definition) is 1. The van der Waals surface area contributed by atoms with Crippen molar-refractivity contribution in [1.29, 1.82) is 0 Å². The van der Waals surface area contributed by atoms with E-state index in [4.69, 9.17) is 10.3 Å². The van der Waals surface area contributed by atoms with E-state index >= 15 is 0 Å². The minimum atomic E-state index is 0.469. The average molecular weight is 342 g/mol. The van der Waals surface area contributed by atoms with Gasteiger partial charge in [0.15, 0.2) is 0 Å². The topological polar surface area (TPSA) is 64.9 Å². The summed E-state index contributed by atoms with van der Waals surface area (Å²) in [5, 5.41) is 6.66. The first-order chi connectivity index (χ1) is 8.63. The Bertz CT molecular complexity index is 701. The van der Waals surface area contributed by atoms with Crippen LogP contribution in [0.1, 0.15) is 4.88 Å². The van der Waals surface area contributed by atoms with Gasteiger partial charge in [-0.25, -0.2) is 0 Å². The summed E-state index contributed by atoms with van der Waals surface area (Å²) < 4.78 is 6.28. The first-order valence-electron chi connectivity index (χ1n) is 5.08. The van der Waals surface area contributed by atoms with E-state index in [1.54, 1.807) is 11.3 Å². The van der Waals surface area contributed by atoms with Gasteiger partial charge in [0.25, 0.3) is 5.89 Å². The zero-order chi connectivity index (χ0) is 12.7. The Morgan fingerprint density at radius 2 is 2.22 bits per heavy atom. The summed E-state index contributed by atoms with van der Waals surface area (Å²) in [7, 11) is 0. The molecule has 0 saturated carbocycles. The second-order valence-electron chi connectivity index (χ2n) is 3.69. The number of nitrogens with zero attached hydrogens (tertiary/aromatic N) is 2. The highest BCUT2D eigenvalue weighted by Gasteiger charge is 2.15. The minimum Gasteiger partial charge on any atom is -0.390 e. The van der Waals surface area contributed by atoms with Gasteiger partial charge in [-0.15, -0.1) is 22.7 Å². The highest BCUT2D eigenvalue weighted by atomic mass is 79.9. The molecule has 92 valence electrons. The van der Waals surface area contributed by atoms with Crippen LogP contribution in [0.3, 0.4) is 0 Å². The van der Waals surface area contributed by atoms with Gasteiger partial charge in [0.2, 0.25) is 5.82 Å². The van der Waals surface area contributed by atoms with Crippen LogP contribution in [0.5, 0.6) is 0 Å². The number of aromatic nitrogens is 2. The number of hydrogen-bond acceptors (Lipinski definition) is 6. The van der Waals surface area contributed by atoms with Gasteiger partial charge in [-0.1, -0.05) is 5.16 Å². The Morgan fingerprint density at radius 1 is 1.39 bits per heavy atom. The normalized spacial score (nSPS) is 11.0. The third-order valence-electron chi connectivity index (χ3n) is 2.33. The molecule has 0 fully saturated rings. The smallest absolute Gasteiger partial charge is 0.261 e. The van der Waals surface area contributed by atoms with Crippen molar-refractivity contribution in [3.8, 4) is 22.2 Å². The van der Waals surface area contributed by atoms with E-state index < -0.39 is 0 Å². The van der Waals surface area contributed by atoms with Crippen LogP contribution in [0.15, 0.2) is 26.5 Å². The van der Waals surface area contributed by atoms with Crippen molar-refractivity contribution in [3.05, 3.63) is 26.9 Å². The van der Waals surface area contributed by atoms with Gasteiger partial charge >= 0.3 is 0 Å². The number of rotatable bonds is 2. The van der Waals surface area contributed by atoms with Gasteiger partial charge in [-0.3, -0.25) is 0 Å². The van der Waals surface area contributed by atoms with Gasteiger partial charge in [0, 0.05) is 14.7 Å². The molecule has 3 heterocycles. The molecule has 0 aliphatic carbocycles. The molecule has 3 aromatic heterocycles. The molecule has 0 unspecified atom stereocenters. The number of aryl methyl sites for hydroxylation is 1. The van der Waals surface area contributed by atoms with Crippen LogP contribution in [0.25, 0.3) is 22.2 Å². The quantitative estimate of drug-likeness (QED) is 0.759. The fourth-order valence-corrected chi connectivity index (χ4v) is 3.69. The Hall–Kier alpha value is -1.18. The lowest BCUT2D eigenvalue weighted by Crippen LogP contribution is -1.83. The Balaban J connectivity index is 2.01. The maximum atomic E-state index is 5.91. The van der Waals surface area contributed by atoms with Crippen molar-refractivity contribution in [2.75, 3.05) is 5.73 Å². The molecule has 2 N–H and O–H groups in total. The summed E-state index contributed by atoms with van der Waals surface area (Å²) in [5.74, 6) is 1.06. The lowest BCUT2D eigenvalue weighted by molar-refractivity contribution is 0.433. The molecule has 0 atom stereocenters. The summed E-state index contributed by atoms with van der Waals surface area (Å²) >= 11 is 6.48. The lowest BCUT2D eigenvalue weighted by Gasteiger charge is -1.88. The molecular formula is C11H8BrN3OS2. The molecule has 3 rings (SSSR count). The fraction of sp³-hybridized carbons (Fsp3) is 0.0909. The lowest BCUT2D eigenvalue weighted by atomic mass is 10.3. The Kier molecular flexibility index (Phi) is 2.96. The molecule has 0 aliphatic heterocycles. The van der Waals surface area contributed by atoms with Crippen LogP contribution in [0.4, 0.5) is 5.00 Å². The van der Waals surface area contributed by atoms with Crippen LogP contribution in [0.2, 0.25) is 0 Å². The van der Waals surface area contributed by atoms with Crippen molar-refractivity contribution in [2.24, 2.45) is 0 Å². The minimum absolute atomic E-state index is 0.469. The second-order valence-corrected chi connectivity index (χ2v) is 6.80. The average Bonchev–Trinajstić information content (AvgIpc) is 2.98. The largest absolute Gasteiger partial charge is 0.390 e. The monoisotopic (exact) mass is 341 g/mol. The molecular weight excluding hydrogens is 334 g/mol. The molecule has 0 aromatic carbocycles. The van der Waals surface area contributed by atoms with Crippen molar-refractivity contribution in [3.63, 3.8) is 0 Å². The number of halogens is 1. The maximum absolute atomic E-state index is 5.91. The third-order valence-corrected chi connectivity index (χ3v) is 4.89. The summed E-state index contributed by atoms with van der Waals surface area (Å²) in [6.07, 6.45) is 0. The van der Waals surface area contributed by atoms with Gasteiger partial charge in [-0.2, -0.15) is 4.98 Å². The van der Waals surface area contributed by atoms with E-state index in [0.29, 0.717) is 16.7 Å². The van der Waals surface area contributed by atoms with Crippen LogP contribution in [0, 0.1) is 6.92 Å². The molecule has 4 nitrogen and oxygen atoms in total. The first-order valence-corrected chi connectivity index (χ1v) is 7.57. The van der Waals surface area contributed by atoms with Crippen LogP contribution in [-0.4, -0.2) is 10.1 Å². The molecule has 0 saturated heterocycles. The van der Waals surface area contributed by atoms with Gasteiger partial charge in [0.05, 0.1) is 15.4 Å². The Labute approximate surface area is 120 Å². The molecule has 7 heteroatoms. The predicted octanol–water partition coefficient (Wildman–Crippen LogP) is 4.18. The number of thiophene rings is 2. The van der Waals surface area contributed by atoms with E-state index in [-0.39, 0.29) is 0 Å². The van der Waals surface area contributed by atoms with Crippen LogP contribution < -0.4 is 5.73 Å². The zero-order valence-electron chi connectivity index (χ0n) is 9.31. The van der Waals surface area contributed by atoms with E-state index in [9.17, 15) is 0 Å². The molecule has 0 spiro atoms. The van der Waals surface area contributed by atoms with E-state index in [1.807, 2.05) is 24.4 Å². The van der Waals surface area contributed by atoms with Crippen LogP contribution >= 0.6 is 38.6 Å². The van der Waals surface area contributed by atoms with Crippen molar-refractivity contribution in [1.82, 2.24) is 10.1 Å². The van der Waals surface area contributed by atoms with Crippen LogP contribution in [-0.2, 0) is 0 Å². The highest BCUT2D eigenvalue weighted by Crippen LogP contribution is 2.34. The summed E-state index contributed by atoms with van der Waals surface area (Å²) in [6.45, 7) is 2.00. The standard InChI is InChI=1S/C11H8BrN3OS2/c1-5-2-7(9(13)18-5)11-14-10(15-16-11)8-3-6(12)4-17-8/h2-4H,13H2,1H3. The fourth-order valence-electron chi connectivity index (χ4n) is 1.56. The third kappa shape index (κ3) is 2.09. The number of nitrogens with two attached hydrogens (primary N) is 1. The van der Waals surface area contributed by atoms with E-state index in [1.165, 1.54) is 11.3 Å². The summed E-state index contributed by atoms with van der Waals surface area (Å²) in [6, 6.07) is 3.92. The van der Waals surface area contributed by atoms with E-state index in [2.05, 4.69) is 26.1 Å². The number of nitrogen functional groups attached to an aromatic ring is 1. The predicted molar refractivity (Wildman–Crippen MR) is 77.8 cm³/mol. The molecule has 0 aliphatic rings. The molecule has 0 radical (unpaired) electrons. The Morgan fingerprint density at radius 3 is 2.83 bits per heavy atom. The summed E-state index contributed by atoms with van der Waals surface area (Å²) in [5.41, 5.74) is 6.72. The molecule has 0 bridgehead atoms. The SMILES string of the molecule is Cc1cc(-c2nc(-c3cc(Br)cs3)no2)c(N)s1. The van der Waals surface area contributed by atoms with Gasteiger partial charge in [0.1, 0.15) is 0 Å². The first kappa shape index (κ1) is 11.9.